The molecule has 2 fully saturated rings. The second kappa shape index (κ2) is 7.10. The molecular weight excluding hydrogens is 264 g/mol. The minimum Gasteiger partial charge on any atom is -0.396 e. The Morgan fingerprint density at radius 2 is 1.95 bits per heavy atom. The van der Waals surface area contributed by atoms with Crippen molar-refractivity contribution in [1.82, 2.24) is 9.80 Å². The van der Waals surface area contributed by atoms with Crippen LogP contribution in [0.1, 0.15) is 52.9 Å². The van der Waals surface area contributed by atoms with Crippen molar-refractivity contribution in [3.63, 3.8) is 0 Å². The highest BCUT2D eigenvalue weighted by molar-refractivity contribution is 5.82. The maximum atomic E-state index is 12.8. The van der Waals surface area contributed by atoms with Gasteiger partial charge in [0.25, 0.3) is 0 Å². The van der Waals surface area contributed by atoms with Gasteiger partial charge in [0.2, 0.25) is 5.91 Å². The SMILES string of the molecule is CC(C)CN1CCN(C(=O)C2(C)CCCC2)CC1CCO. The molecule has 0 aromatic carbocycles. The van der Waals surface area contributed by atoms with E-state index in [-0.39, 0.29) is 12.0 Å². The van der Waals surface area contributed by atoms with Crippen LogP contribution in [-0.2, 0) is 4.79 Å². The van der Waals surface area contributed by atoms with Crippen LogP contribution in [0.25, 0.3) is 0 Å². The number of piperazine rings is 1. The Hall–Kier alpha value is -0.610. The number of amides is 1. The first kappa shape index (κ1) is 16.8. The smallest absolute Gasteiger partial charge is 0.228 e. The molecule has 1 saturated heterocycles. The Balaban J connectivity index is 1.99. The zero-order chi connectivity index (χ0) is 15.5. The fraction of sp³-hybridized carbons (Fsp3) is 0.941. The monoisotopic (exact) mass is 296 g/mol. The molecule has 1 amide bonds. The summed E-state index contributed by atoms with van der Waals surface area (Å²) in [4.78, 5) is 17.4. The minimum absolute atomic E-state index is 0.121. The zero-order valence-electron chi connectivity index (χ0n) is 14.0. The van der Waals surface area contributed by atoms with Gasteiger partial charge in [-0.3, -0.25) is 9.69 Å². The third-order valence-corrected chi connectivity index (χ3v) is 5.18. The first-order chi connectivity index (χ1) is 9.96. The van der Waals surface area contributed by atoms with E-state index in [1.54, 1.807) is 0 Å². The first-order valence-electron chi connectivity index (χ1n) is 8.60. The molecule has 1 aliphatic carbocycles. The van der Waals surface area contributed by atoms with Crippen LogP contribution in [-0.4, -0.2) is 59.6 Å². The molecule has 1 atom stereocenters. The molecule has 2 aliphatic rings. The highest BCUT2D eigenvalue weighted by Crippen LogP contribution is 2.39. The van der Waals surface area contributed by atoms with Crippen molar-refractivity contribution in [2.75, 3.05) is 32.8 Å². The van der Waals surface area contributed by atoms with Gasteiger partial charge in [-0.05, 0) is 25.2 Å². The van der Waals surface area contributed by atoms with Crippen molar-refractivity contribution in [2.24, 2.45) is 11.3 Å². The zero-order valence-corrected chi connectivity index (χ0v) is 14.0. The number of rotatable bonds is 5. The summed E-state index contributed by atoms with van der Waals surface area (Å²) in [5, 5.41) is 9.33. The van der Waals surface area contributed by atoms with E-state index in [1.807, 2.05) is 0 Å². The van der Waals surface area contributed by atoms with Crippen LogP contribution in [0.3, 0.4) is 0 Å². The number of hydrogen-bond donors (Lipinski definition) is 1. The molecule has 1 N–H and O–H groups in total. The van der Waals surface area contributed by atoms with Crippen LogP contribution < -0.4 is 0 Å². The van der Waals surface area contributed by atoms with E-state index in [9.17, 15) is 9.90 Å². The molecule has 1 aliphatic heterocycles. The van der Waals surface area contributed by atoms with E-state index in [1.165, 1.54) is 12.8 Å². The minimum atomic E-state index is -0.121. The van der Waals surface area contributed by atoms with Crippen molar-refractivity contribution in [3.8, 4) is 0 Å². The standard InChI is InChI=1S/C17H32N2O2/c1-14(2)12-18-9-10-19(13-15(18)6-11-20)16(21)17(3)7-4-5-8-17/h14-15,20H,4-13H2,1-3H3. The van der Waals surface area contributed by atoms with Gasteiger partial charge >= 0.3 is 0 Å². The van der Waals surface area contributed by atoms with Crippen LogP contribution in [0.4, 0.5) is 0 Å². The molecule has 1 saturated carbocycles. The average Bonchev–Trinajstić information content (AvgIpc) is 2.88. The highest BCUT2D eigenvalue weighted by atomic mass is 16.3. The normalized spacial score (nSPS) is 26.5. The van der Waals surface area contributed by atoms with Gasteiger partial charge in [-0.15, -0.1) is 0 Å². The molecule has 0 radical (unpaired) electrons. The summed E-state index contributed by atoms with van der Waals surface area (Å²) in [7, 11) is 0. The van der Waals surface area contributed by atoms with Crippen molar-refractivity contribution in [1.29, 1.82) is 0 Å². The number of nitrogens with zero attached hydrogens (tertiary/aromatic N) is 2. The number of aliphatic hydroxyl groups is 1. The van der Waals surface area contributed by atoms with Gasteiger partial charge in [0.15, 0.2) is 0 Å². The lowest BCUT2D eigenvalue weighted by Crippen LogP contribution is -2.57. The van der Waals surface area contributed by atoms with Crippen LogP contribution in [0, 0.1) is 11.3 Å². The van der Waals surface area contributed by atoms with Crippen molar-refractivity contribution in [3.05, 3.63) is 0 Å². The predicted molar refractivity (Wildman–Crippen MR) is 85.1 cm³/mol. The predicted octanol–water partition coefficient (Wildman–Crippen LogP) is 2.12. The Morgan fingerprint density at radius 1 is 1.29 bits per heavy atom. The number of aliphatic hydroxyl groups excluding tert-OH is 1. The van der Waals surface area contributed by atoms with Crippen LogP contribution in [0.15, 0.2) is 0 Å². The van der Waals surface area contributed by atoms with Crippen LogP contribution in [0.2, 0.25) is 0 Å². The fourth-order valence-corrected chi connectivity index (χ4v) is 3.96. The van der Waals surface area contributed by atoms with Crippen molar-refractivity contribution < 1.29 is 9.90 Å². The van der Waals surface area contributed by atoms with E-state index in [0.29, 0.717) is 17.9 Å². The fourth-order valence-electron chi connectivity index (χ4n) is 3.96. The number of hydrogen-bond acceptors (Lipinski definition) is 3. The third-order valence-electron chi connectivity index (χ3n) is 5.18. The van der Waals surface area contributed by atoms with Gasteiger partial charge in [-0.25, -0.2) is 0 Å². The summed E-state index contributed by atoms with van der Waals surface area (Å²) < 4.78 is 0. The summed E-state index contributed by atoms with van der Waals surface area (Å²) in [5.74, 6) is 0.980. The highest BCUT2D eigenvalue weighted by Gasteiger charge is 2.41. The lowest BCUT2D eigenvalue weighted by Gasteiger charge is -2.44. The van der Waals surface area contributed by atoms with Gasteiger partial charge in [0, 0.05) is 44.2 Å². The molecular formula is C17H32N2O2. The molecule has 1 unspecified atom stereocenters. The van der Waals surface area contributed by atoms with E-state index < -0.39 is 0 Å². The lowest BCUT2D eigenvalue weighted by atomic mass is 9.86. The van der Waals surface area contributed by atoms with E-state index >= 15 is 0 Å². The molecule has 2 rings (SSSR count). The molecule has 122 valence electrons. The van der Waals surface area contributed by atoms with Gasteiger partial charge in [-0.2, -0.15) is 0 Å². The molecule has 0 bridgehead atoms. The van der Waals surface area contributed by atoms with Gasteiger partial charge in [0.05, 0.1) is 0 Å². The Morgan fingerprint density at radius 3 is 2.52 bits per heavy atom. The topological polar surface area (TPSA) is 43.8 Å². The molecule has 21 heavy (non-hydrogen) atoms. The van der Waals surface area contributed by atoms with Crippen LogP contribution in [0.5, 0.6) is 0 Å². The summed E-state index contributed by atoms with van der Waals surface area (Å²) in [6, 6.07) is 0.320. The van der Waals surface area contributed by atoms with Crippen molar-refractivity contribution in [2.45, 2.75) is 58.9 Å². The van der Waals surface area contributed by atoms with E-state index in [2.05, 4.69) is 30.6 Å². The average molecular weight is 296 g/mol. The second-order valence-electron chi connectivity index (χ2n) is 7.57. The summed E-state index contributed by atoms with van der Waals surface area (Å²) in [5.41, 5.74) is -0.121. The second-order valence-corrected chi connectivity index (χ2v) is 7.57. The Kier molecular flexibility index (Phi) is 5.67. The molecule has 4 nitrogen and oxygen atoms in total. The summed E-state index contributed by atoms with van der Waals surface area (Å²) in [6.45, 7) is 10.5. The molecule has 1 heterocycles. The van der Waals surface area contributed by atoms with Gasteiger partial charge < -0.3 is 10.0 Å². The molecule has 4 heteroatoms. The third kappa shape index (κ3) is 3.98. The molecule has 0 aromatic rings. The van der Waals surface area contributed by atoms with Crippen LogP contribution >= 0.6 is 0 Å². The summed E-state index contributed by atoms with van der Waals surface area (Å²) in [6.07, 6.45) is 5.24. The molecule has 0 aromatic heterocycles. The number of carbonyl (C=O) groups is 1. The lowest BCUT2D eigenvalue weighted by molar-refractivity contribution is -0.144. The number of carbonyl (C=O) groups excluding carboxylic acids is 1. The maximum absolute atomic E-state index is 12.8. The summed E-state index contributed by atoms with van der Waals surface area (Å²) >= 11 is 0. The Labute approximate surface area is 129 Å². The van der Waals surface area contributed by atoms with Gasteiger partial charge in [-0.1, -0.05) is 33.6 Å². The quantitative estimate of drug-likeness (QED) is 0.845. The van der Waals surface area contributed by atoms with E-state index in [4.69, 9.17) is 0 Å². The maximum Gasteiger partial charge on any atom is 0.228 e. The van der Waals surface area contributed by atoms with Gasteiger partial charge in [0.1, 0.15) is 0 Å². The molecule has 0 spiro atoms. The first-order valence-corrected chi connectivity index (χ1v) is 8.60. The van der Waals surface area contributed by atoms with E-state index in [0.717, 1.165) is 45.4 Å². The largest absolute Gasteiger partial charge is 0.396 e. The van der Waals surface area contributed by atoms with Crippen molar-refractivity contribution >= 4 is 5.91 Å². The Bertz CT molecular complexity index is 351.